The van der Waals surface area contributed by atoms with E-state index in [9.17, 15) is 0 Å². The SMILES string of the molecule is CC1CCCC(C(N)Cc2ccc(Br)cn2)C1. The number of rotatable bonds is 3. The predicted octanol–water partition coefficient (Wildman–Crippen LogP) is 3.54. The summed E-state index contributed by atoms with van der Waals surface area (Å²) < 4.78 is 1.03. The molecule has 0 aliphatic heterocycles. The first kappa shape index (κ1) is 13.0. The van der Waals surface area contributed by atoms with E-state index in [0.717, 1.165) is 22.5 Å². The van der Waals surface area contributed by atoms with Crippen molar-refractivity contribution in [2.75, 3.05) is 0 Å². The third-order valence-electron chi connectivity index (χ3n) is 3.82. The topological polar surface area (TPSA) is 38.9 Å². The van der Waals surface area contributed by atoms with Gasteiger partial charge in [-0.1, -0.05) is 19.8 Å². The van der Waals surface area contributed by atoms with Crippen LogP contribution >= 0.6 is 15.9 Å². The molecular formula is C14H21BrN2. The van der Waals surface area contributed by atoms with Gasteiger partial charge in [-0.2, -0.15) is 0 Å². The van der Waals surface area contributed by atoms with Crippen molar-refractivity contribution in [1.82, 2.24) is 4.98 Å². The minimum absolute atomic E-state index is 0.270. The third-order valence-corrected chi connectivity index (χ3v) is 4.29. The Morgan fingerprint density at radius 2 is 2.29 bits per heavy atom. The van der Waals surface area contributed by atoms with Crippen molar-refractivity contribution in [3.8, 4) is 0 Å². The Bertz CT molecular complexity index is 350. The van der Waals surface area contributed by atoms with Gasteiger partial charge in [0, 0.05) is 28.8 Å². The maximum absolute atomic E-state index is 6.33. The van der Waals surface area contributed by atoms with Crippen LogP contribution in [0.15, 0.2) is 22.8 Å². The summed E-state index contributed by atoms with van der Waals surface area (Å²) in [4.78, 5) is 4.41. The lowest BCUT2D eigenvalue weighted by Crippen LogP contribution is -2.35. The van der Waals surface area contributed by atoms with Gasteiger partial charge in [-0.15, -0.1) is 0 Å². The minimum Gasteiger partial charge on any atom is -0.327 e. The van der Waals surface area contributed by atoms with E-state index in [2.05, 4.69) is 33.9 Å². The van der Waals surface area contributed by atoms with E-state index in [0.29, 0.717) is 5.92 Å². The van der Waals surface area contributed by atoms with Crippen LogP contribution in [0.4, 0.5) is 0 Å². The van der Waals surface area contributed by atoms with Crippen LogP contribution in [-0.2, 0) is 6.42 Å². The Kier molecular flexibility index (Phi) is 4.57. The Labute approximate surface area is 112 Å². The molecular weight excluding hydrogens is 276 g/mol. The Morgan fingerprint density at radius 3 is 2.94 bits per heavy atom. The highest BCUT2D eigenvalue weighted by molar-refractivity contribution is 9.10. The van der Waals surface area contributed by atoms with Crippen LogP contribution in [0.25, 0.3) is 0 Å². The van der Waals surface area contributed by atoms with Gasteiger partial charge in [0.15, 0.2) is 0 Å². The molecule has 1 aromatic rings. The molecule has 3 atom stereocenters. The highest BCUT2D eigenvalue weighted by Gasteiger charge is 2.24. The molecule has 2 rings (SSSR count). The van der Waals surface area contributed by atoms with Crippen LogP contribution in [0.3, 0.4) is 0 Å². The zero-order valence-electron chi connectivity index (χ0n) is 10.4. The van der Waals surface area contributed by atoms with Crippen molar-refractivity contribution in [2.24, 2.45) is 17.6 Å². The van der Waals surface area contributed by atoms with Crippen molar-refractivity contribution in [3.05, 3.63) is 28.5 Å². The Hall–Kier alpha value is -0.410. The second-order valence-electron chi connectivity index (χ2n) is 5.37. The monoisotopic (exact) mass is 296 g/mol. The molecule has 1 aromatic heterocycles. The highest BCUT2D eigenvalue weighted by Crippen LogP contribution is 2.31. The molecule has 94 valence electrons. The van der Waals surface area contributed by atoms with Crippen LogP contribution in [0.2, 0.25) is 0 Å². The summed E-state index contributed by atoms with van der Waals surface area (Å²) >= 11 is 3.40. The number of halogens is 1. The van der Waals surface area contributed by atoms with Gasteiger partial charge in [0.25, 0.3) is 0 Å². The van der Waals surface area contributed by atoms with Crippen molar-refractivity contribution < 1.29 is 0 Å². The lowest BCUT2D eigenvalue weighted by atomic mass is 9.78. The molecule has 0 amide bonds. The standard InChI is InChI=1S/C14H21BrN2/c1-10-3-2-4-11(7-10)14(16)8-13-6-5-12(15)9-17-13/h5-6,9-11,14H,2-4,7-8,16H2,1H3. The molecule has 3 unspecified atom stereocenters. The minimum atomic E-state index is 0.270. The van der Waals surface area contributed by atoms with Crippen molar-refractivity contribution in [1.29, 1.82) is 0 Å². The molecule has 1 heterocycles. The number of nitrogens with zero attached hydrogens (tertiary/aromatic N) is 1. The zero-order chi connectivity index (χ0) is 12.3. The predicted molar refractivity (Wildman–Crippen MR) is 74.7 cm³/mol. The van der Waals surface area contributed by atoms with Gasteiger partial charge < -0.3 is 5.73 Å². The van der Waals surface area contributed by atoms with Crippen LogP contribution in [0.1, 0.15) is 38.3 Å². The van der Waals surface area contributed by atoms with Gasteiger partial charge >= 0.3 is 0 Å². The fourth-order valence-corrected chi connectivity index (χ4v) is 3.04. The van der Waals surface area contributed by atoms with Gasteiger partial charge in [-0.3, -0.25) is 4.98 Å². The molecule has 1 fully saturated rings. The molecule has 0 aromatic carbocycles. The average molecular weight is 297 g/mol. The van der Waals surface area contributed by atoms with E-state index >= 15 is 0 Å². The quantitative estimate of drug-likeness (QED) is 0.926. The summed E-state index contributed by atoms with van der Waals surface area (Å²) in [6.07, 6.45) is 8.06. The summed E-state index contributed by atoms with van der Waals surface area (Å²) in [6.45, 7) is 2.34. The van der Waals surface area contributed by atoms with Gasteiger partial charge in [-0.05, 0) is 52.7 Å². The Morgan fingerprint density at radius 1 is 1.47 bits per heavy atom. The summed E-state index contributed by atoms with van der Waals surface area (Å²) in [5.74, 6) is 1.53. The van der Waals surface area contributed by atoms with Crippen LogP contribution < -0.4 is 5.73 Å². The lowest BCUT2D eigenvalue weighted by molar-refractivity contribution is 0.245. The van der Waals surface area contributed by atoms with Gasteiger partial charge in [0.2, 0.25) is 0 Å². The van der Waals surface area contributed by atoms with Crippen molar-refractivity contribution in [3.63, 3.8) is 0 Å². The lowest BCUT2D eigenvalue weighted by Gasteiger charge is -2.31. The number of hydrogen-bond donors (Lipinski definition) is 1. The molecule has 0 saturated heterocycles. The maximum Gasteiger partial charge on any atom is 0.0420 e. The summed E-state index contributed by atoms with van der Waals surface area (Å²) in [5.41, 5.74) is 7.44. The van der Waals surface area contributed by atoms with E-state index in [1.54, 1.807) is 0 Å². The van der Waals surface area contributed by atoms with E-state index in [1.165, 1.54) is 25.7 Å². The molecule has 0 radical (unpaired) electrons. The number of nitrogens with two attached hydrogens (primary N) is 1. The molecule has 0 bridgehead atoms. The Balaban J connectivity index is 1.91. The van der Waals surface area contributed by atoms with Crippen molar-refractivity contribution in [2.45, 2.75) is 45.1 Å². The fraction of sp³-hybridized carbons (Fsp3) is 0.643. The normalized spacial score (nSPS) is 26.8. The third kappa shape index (κ3) is 3.78. The summed E-state index contributed by atoms with van der Waals surface area (Å²) in [7, 11) is 0. The largest absolute Gasteiger partial charge is 0.327 e. The van der Waals surface area contributed by atoms with E-state index < -0.39 is 0 Å². The summed E-state index contributed by atoms with van der Waals surface area (Å²) in [5, 5.41) is 0. The smallest absolute Gasteiger partial charge is 0.0420 e. The molecule has 17 heavy (non-hydrogen) atoms. The fourth-order valence-electron chi connectivity index (χ4n) is 2.81. The zero-order valence-corrected chi connectivity index (χ0v) is 12.0. The molecule has 1 aliphatic carbocycles. The molecule has 3 heteroatoms. The first-order valence-corrected chi connectivity index (χ1v) is 7.30. The van der Waals surface area contributed by atoms with E-state index in [4.69, 9.17) is 5.73 Å². The summed E-state index contributed by atoms with van der Waals surface area (Å²) in [6, 6.07) is 4.38. The second-order valence-corrected chi connectivity index (χ2v) is 6.28. The molecule has 0 spiro atoms. The average Bonchev–Trinajstić information content (AvgIpc) is 2.32. The van der Waals surface area contributed by atoms with E-state index in [-0.39, 0.29) is 6.04 Å². The number of pyridine rings is 1. The molecule has 1 aliphatic rings. The highest BCUT2D eigenvalue weighted by atomic mass is 79.9. The maximum atomic E-state index is 6.33. The number of aromatic nitrogens is 1. The second kappa shape index (κ2) is 5.96. The van der Waals surface area contributed by atoms with Crippen molar-refractivity contribution >= 4 is 15.9 Å². The first-order valence-electron chi connectivity index (χ1n) is 6.51. The molecule has 1 saturated carbocycles. The number of hydrogen-bond acceptors (Lipinski definition) is 2. The molecule has 2 nitrogen and oxygen atoms in total. The van der Waals surface area contributed by atoms with E-state index in [1.807, 2.05) is 12.3 Å². The van der Waals surface area contributed by atoms with Gasteiger partial charge in [0.1, 0.15) is 0 Å². The van der Waals surface area contributed by atoms with Gasteiger partial charge in [-0.25, -0.2) is 0 Å². The van der Waals surface area contributed by atoms with Gasteiger partial charge in [0.05, 0.1) is 0 Å². The van der Waals surface area contributed by atoms with Crippen LogP contribution in [0.5, 0.6) is 0 Å². The van der Waals surface area contributed by atoms with Crippen LogP contribution in [-0.4, -0.2) is 11.0 Å². The van der Waals surface area contributed by atoms with Crippen LogP contribution in [0, 0.1) is 11.8 Å². The molecule has 2 N–H and O–H groups in total. The first-order chi connectivity index (χ1) is 8.15.